The van der Waals surface area contributed by atoms with Crippen molar-refractivity contribution in [3.8, 4) is 0 Å². The second-order valence-corrected chi connectivity index (χ2v) is 6.24. The molecular formula is C17H23ClF6N2. The minimum atomic E-state index is -4.68. The van der Waals surface area contributed by atoms with Crippen LogP contribution >= 0.6 is 12.4 Å². The summed E-state index contributed by atoms with van der Waals surface area (Å²) in [5.41, 5.74) is -2.27. The first-order chi connectivity index (χ1) is 11.6. The summed E-state index contributed by atoms with van der Waals surface area (Å²) < 4.78 is 79.4. The van der Waals surface area contributed by atoms with E-state index in [2.05, 4.69) is 5.32 Å². The van der Waals surface area contributed by atoms with E-state index in [9.17, 15) is 26.3 Å². The Kier molecular flexibility index (Phi) is 8.23. The Morgan fingerprint density at radius 3 is 2.15 bits per heavy atom. The van der Waals surface area contributed by atoms with Crippen LogP contribution in [-0.4, -0.2) is 31.1 Å². The van der Waals surface area contributed by atoms with Gasteiger partial charge in [0.15, 0.2) is 0 Å². The molecular weight excluding hydrogens is 382 g/mol. The lowest BCUT2D eigenvalue weighted by Crippen LogP contribution is -2.45. The van der Waals surface area contributed by atoms with Crippen molar-refractivity contribution >= 4 is 12.4 Å². The third kappa shape index (κ3) is 5.76. The lowest BCUT2D eigenvalue weighted by molar-refractivity contribution is -0.142. The van der Waals surface area contributed by atoms with Gasteiger partial charge in [-0.05, 0) is 30.2 Å². The van der Waals surface area contributed by atoms with Gasteiger partial charge < -0.3 is 5.32 Å². The normalized spacial score (nSPS) is 17.7. The Balaban J connectivity index is 0.00000338. The highest BCUT2D eigenvalue weighted by atomic mass is 35.5. The van der Waals surface area contributed by atoms with Crippen LogP contribution in [0.15, 0.2) is 18.2 Å². The maximum absolute atomic E-state index is 13.4. The maximum Gasteiger partial charge on any atom is 0.416 e. The molecule has 2 nitrogen and oxygen atoms in total. The fourth-order valence-corrected chi connectivity index (χ4v) is 3.20. The molecule has 9 heteroatoms. The van der Waals surface area contributed by atoms with Gasteiger partial charge in [0.2, 0.25) is 0 Å². The molecule has 0 amide bonds. The van der Waals surface area contributed by atoms with Crippen molar-refractivity contribution in [3.05, 3.63) is 34.9 Å². The van der Waals surface area contributed by atoms with Crippen LogP contribution in [-0.2, 0) is 12.4 Å². The van der Waals surface area contributed by atoms with Crippen LogP contribution in [0.1, 0.15) is 48.9 Å². The van der Waals surface area contributed by atoms with Gasteiger partial charge in [-0.25, -0.2) is 0 Å². The van der Waals surface area contributed by atoms with Crippen LogP contribution in [0.3, 0.4) is 0 Å². The van der Waals surface area contributed by atoms with Crippen molar-refractivity contribution in [1.82, 2.24) is 10.2 Å². The molecule has 1 atom stereocenters. The molecule has 0 bridgehead atoms. The fourth-order valence-electron chi connectivity index (χ4n) is 3.20. The van der Waals surface area contributed by atoms with Gasteiger partial charge in [0.1, 0.15) is 0 Å². The zero-order valence-electron chi connectivity index (χ0n) is 14.4. The number of alkyl halides is 6. The Labute approximate surface area is 155 Å². The summed E-state index contributed by atoms with van der Waals surface area (Å²) in [4.78, 5) is 1.86. The molecule has 0 aromatic heterocycles. The molecule has 0 unspecified atom stereocenters. The molecule has 1 aromatic carbocycles. The quantitative estimate of drug-likeness (QED) is 0.671. The molecule has 0 radical (unpaired) electrons. The highest BCUT2D eigenvalue weighted by molar-refractivity contribution is 5.85. The average Bonchev–Trinajstić information content (AvgIpc) is 2.54. The van der Waals surface area contributed by atoms with Gasteiger partial charge in [-0.3, -0.25) is 4.90 Å². The van der Waals surface area contributed by atoms with E-state index in [1.165, 1.54) is 0 Å². The third-order valence-electron chi connectivity index (χ3n) is 4.47. The Hall–Kier alpha value is -0.990. The number of nitrogens with zero attached hydrogens (tertiary/aromatic N) is 1. The second kappa shape index (κ2) is 9.28. The zero-order valence-corrected chi connectivity index (χ0v) is 15.2. The smallest absolute Gasteiger partial charge is 0.314 e. The zero-order chi connectivity index (χ0) is 18.7. The Morgan fingerprint density at radius 1 is 1.04 bits per heavy atom. The molecule has 1 aliphatic heterocycles. The van der Waals surface area contributed by atoms with E-state index in [4.69, 9.17) is 0 Å². The van der Waals surface area contributed by atoms with Crippen LogP contribution in [0.25, 0.3) is 0 Å². The van der Waals surface area contributed by atoms with Gasteiger partial charge in [-0.2, -0.15) is 26.3 Å². The summed E-state index contributed by atoms with van der Waals surface area (Å²) in [6.45, 7) is 4.17. The van der Waals surface area contributed by atoms with Crippen LogP contribution < -0.4 is 5.32 Å². The highest BCUT2D eigenvalue weighted by Crippen LogP contribution is 2.41. The van der Waals surface area contributed by atoms with Crippen LogP contribution in [0.4, 0.5) is 26.3 Å². The van der Waals surface area contributed by atoms with E-state index in [1.54, 1.807) is 0 Å². The van der Waals surface area contributed by atoms with Gasteiger partial charge in [-0.15, -0.1) is 12.4 Å². The van der Waals surface area contributed by atoms with E-state index in [-0.39, 0.29) is 18.0 Å². The number of rotatable bonds is 5. The van der Waals surface area contributed by atoms with Gasteiger partial charge >= 0.3 is 12.4 Å². The molecule has 1 N–H and O–H groups in total. The summed E-state index contributed by atoms with van der Waals surface area (Å²) in [5.74, 6) is 0. The third-order valence-corrected chi connectivity index (χ3v) is 4.47. The standard InChI is InChI=1S/C17H22F6N2.ClH/c1-2-3-4-15(25-9-7-24-8-10-25)13-11-12(16(18,19)20)5-6-14(13)17(21,22)23;/h5-6,11,15,24H,2-4,7-10H2,1H3;1H/t15-;/m1./s1. The number of nitrogens with one attached hydrogen (secondary N) is 1. The summed E-state index contributed by atoms with van der Waals surface area (Å²) in [7, 11) is 0. The monoisotopic (exact) mass is 404 g/mol. The lowest BCUT2D eigenvalue weighted by Gasteiger charge is -2.36. The first-order valence-corrected chi connectivity index (χ1v) is 8.37. The molecule has 0 aliphatic carbocycles. The number of halogens is 7. The van der Waals surface area contributed by atoms with E-state index < -0.39 is 29.5 Å². The van der Waals surface area contributed by atoms with Crippen molar-refractivity contribution in [2.45, 2.75) is 44.6 Å². The minimum Gasteiger partial charge on any atom is -0.314 e. The SMILES string of the molecule is CCCC[C@H](c1cc(C(F)(F)F)ccc1C(F)(F)F)N1CCNCC1.Cl. The van der Waals surface area contributed by atoms with Gasteiger partial charge in [0.25, 0.3) is 0 Å². The summed E-state index contributed by atoms with van der Waals surface area (Å²) in [6, 6.07) is 1.10. The highest BCUT2D eigenvalue weighted by Gasteiger charge is 2.39. The van der Waals surface area contributed by atoms with E-state index in [0.717, 1.165) is 6.42 Å². The molecule has 1 aliphatic rings. The molecule has 1 heterocycles. The van der Waals surface area contributed by atoms with E-state index in [0.29, 0.717) is 57.2 Å². The predicted octanol–water partition coefficient (Wildman–Crippen LogP) is 5.28. The first-order valence-electron chi connectivity index (χ1n) is 8.37. The molecule has 2 rings (SSSR count). The van der Waals surface area contributed by atoms with Crippen LogP contribution in [0.2, 0.25) is 0 Å². The van der Waals surface area contributed by atoms with Crippen molar-refractivity contribution in [1.29, 1.82) is 0 Å². The molecule has 150 valence electrons. The number of benzene rings is 1. The Bertz CT molecular complexity index is 567. The van der Waals surface area contributed by atoms with Crippen molar-refractivity contribution < 1.29 is 26.3 Å². The predicted molar refractivity (Wildman–Crippen MR) is 90.4 cm³/mol. The second-order valence-electron chi connectivity index (χ2n) is 6.24. The molecule has 0 spiro atoms. The molecule has 1 aromatic rings. The molecule has 0 saturated carbocycles. The number of unbranched alkanes of at least 4 members (excludes halogenated alkanes) is 1. The Morgan fingerprint density at radius 2 is 1.65 bits per heavy atom. The fraction of sp³-hybridized carbons (Fsp3) is 0.647. The summed E-state index contributed by atoms with van der Waals surface area (Å²) in [6.07, 6.45) is -7.53. The summed E-state index contributed by atoms with van der Waals surface area (Å²) >= 11 is 0. The van der Waals surface area contributed by atoms with Crippen LogP contribution in [0, 0.1) is 0 Å². The van der Waals surface area contributed by atoms with Gasteiger partial charge in [-0.1, -0.05) is 19.8 Å². The minimum absolute atomic E-state index is 0. The van der Waals surface area contributed by atoms with E-state index >= 15 is 0 Å². The number of hydrogen-bond donors (Lipinski definition) is 1. The number of piperazine rings is 1. The molecule has 1 saturated heterocycles. The van der Waals surface area contributed by atoms with Crippen LogP contribution in [0.5, 0.6) is 0 Å². The van der Waals surface area contributed by atoms with Crippen molar-refractivity contribution in [3.63, 3.8) is 0 Å². The van der Waals surface area contributed by atoms with E-state index in [1.807, 2.05) is 11.8 Å². The summed E-state index contributed by atoms with van der Waals surface area (Å²) in [5, 5.41) is 3.11. The molecule has 1 fully saturated rings. The van der Waals surface area contributed by atoms with Crippen molar-refractivity contribution in [2.24, 2.45) is 0 Å². The lowest BCUT2D eigenvalue weighted by atomic mass is 9.92. The van der Waals surface area contributed by atoms with Gasteiger partial charge in [0, 0.05) is 32.2 Å². The largest absolute Gasteiger partial charge is 0.416 e. The first kappa shape index (κ1) is 23.0. The number of hydrogen-bond acceptors (Lipinski definition) is 2. The average molecular weight is 405 g/mol. The molecule has 26 heavy (non-hydrogen) atoms. The van der Waals surface area contributed by atoms with Gasteiger partial charge in [0.05, 0.1) is 11.1 Å². The topological polar surface area (TPSA) is 15.3 Å². The van der Waals surface area contributed by atoms with Crippen molar-refractivity contribution in [2.75, 3.05) is 26.2 Å². The maximum atomic E-state index is 13.4.